The van der Waals surface area contributed by atoms with Crippen LogP contribution in [-0.2, 0) is 27.8 Å². The average molecular weight is 405 g/mol. The lowest BCUT2D eigenvalue weighted by atomic mass is 10.1. The van der Waals surface area contributed by atoms with Crippen LogP contribution in [0.15, 0.2) is 47.9 Å². The Morgan fingerprint density at radius 1 is 1.18 bits per heavy atom. The van der Waals surface area contributed by atoms with E-state index in [1.165, 1.54) is 0 Å². The zero-order valence-corrected chi connectivity index (χ0v) is 17.1. The molecule has 1 aliphatic rings. The molecule has 2 aromatic rings. The molecule has 1 amide bonds. The molecular weight excluding hydrogens is 376 g/mol. The lowest BCUT2D eigenvalue weighted by Crippen LogP contribution is -2.35. The minimum absolute atomic E-state index is 0.0127. The zero-order valence-electron chi connectivity index (χ0n) is 16.3. The fourth-order valence-corrected chi connectivity index (χ4v) is 4.96. The third kappa shape index (κ3) is 5.42. The molecule has 3 rings (SSSR count). The Labute approximate surface area is 166 Å². The lowest BCUT2D eigenvalue weighted by molar-refractivity contribution is -0.121. The molecule has 28 heavy (non-hydrogen) atoms. The molecule has 1 saturated heterocycles. The number of imidazole rings is 1. The Morgan fingerprint density at radius 3 is 2.54 bits per heavy atom. The molecule has 0 bridgehead atoms. The summed E-state index contributed by atoms with van der Waals surface area (Å²) in [7, 11) is -3.40. The second kappa shape index (κ2) is 9.34. The van der Waals surface area contributed by atoms with Gasteiger partial charge in [-0.2, -0.15) is 4.31 Å². The minimum atomic E-state index is -3.40. The molecule has 1 unspecified atom stereocenters. The summed E-state index contributed by atoms with van der Waals surface area (Å²) in [4.78, 5) is 16.5. The average Bonchev–Trinajstić information content (AvgIpc) is 3.20. The van der Waals surface area contributed by atoms with Gasteiger partial charge in [0.1, 0.15) is 0 Å². The summed E-state index contributed by atoms with van der Waals surface area (Å²) in [5.74, 6) is -0.0161. The number of nitrogens with zero attached hydrogens (tertiary/aromatic N) is 3. The van der Waals surface area contributed by atoms with E-state index >= 15 is 0 Å². The highest BCUT2D eigenvalue weighted by molar-refractivity contribution is 7.89. The predicted molar refractivity (Wildman–Crippen MR) is 107 cm³/mol. The number of nitrogens with one attached hydrogen (secondary N) is 1. The van der Waals surface area contributed by atoms with E-state index in [2.05, 4.69) is 10.3 Å². The first-order valence-corrected chi connectivity index (χ1v) is 11.2. The van der Waals surface area contributed by atoms with Gasteiger partial charge in [-0.3, -0.25) is 4.79 Å². The number of piperidine rings is 1. The van der Waals surface area contributed by atoms with Crippen LogP contribution < -0.4 is 5.32 Å². The number of hydrogen-bond donors (Lipinski definition) is 1. The topological polar surface area (TPSA) is 84.3 Å². The van der Waals surface area contributed by atoms with Crippen LogP contribution in [0.2, 0.25) is 0 Å². The Kier molecular flexibility index (Phi) is 6.85. The van der Waals surface area contributed by atoms with Crippen LogP contribution in [0, 0.1) is 0 Å². The van der Waals surface area contributed by atoms with Crippen molar-refractivity contribution in [2.24, 2.45) is 0 Å². The Hall–Kier alpha value is -2.19. The van der Waals surface area contributed by atoms with Crippen molar-refractivity contribution in [3.05, 3.63) is 48.5 Å². The van der Waals surface area contributed by atoms with E-state index in [0.717, 1.165) is 24.8 Å². The van der Waals surface area contributed by atoms with Crippen molar-refractivity contribution in [3.63, 3.8) is 0 Å². The van der Waals surface area contributed by atoms with Crippen LogP contribution in [0.5, 0.6) is 0 Å². The van der Waals surface area contributed by atoms with Crippen molar-refractivity contribution in [2.45, 2.75) is 56.5 Å². The number of carbonyl (C=O) groups is 1. The third-order valence-electron chi connectivity index (χ3n) is 4.97. The molecule has 7 nitrogen and oxygen atoms in total. The fourth-order valence-electron chi connectivity index (χ4n) is 3.44. The van der Waals surface area contributed by atoms with E-state index in [0.29, 0.717) is 37.4 Å². The second-order valence-corrected chi connectivity index (χ2v) is 9.27. The number of carbonyl (C=O) groups excluding carboxylic acids is 1. The maximum Gasteiger partial charge on any atom is 0.243 e. The van der Waals surface area contributed by atoms with Gasteiger partial charge >= 0.3 is 0 Å². The van der Waals surface area contributed by atoms with Crippen LogP contribution in [0.25, 0.3) is 0 Å². The number of aryl methyl sites for hydroxylation is 1. The van der Waals surface area contributed by atoms with Crippen molar-refractivity contribution in [2.75, 3.05) is 13.1 Å². The van der Waals surface area contributed by atoms with Gasteiger partial charge in [-0.1, -0.05) is 18.6 Å². The standard InChI is InChI=1S/C20H28N4O3S/c1-17(15-23-14-11-21-16-23)22-20(25)10-7-18-5-8-19(9-6-18)28(26,27)24-12-3-2-4-13-24/h5-6,8-9,11,14,16-17H,2-4,7,10,12-13,15H2,1H3,(H,22,25). The van der Waals surface area contributed by atoms with Gasteiger partial charge in [0.05, 0.1) is 11.2 Å². The highest BCUT2D eigenvalue weighted by Crippen LogP contribution is 2.21. The summed E-state index contributed by atoms with van der Waals surface area (Å²) < 4.78 is 28.8. The molecule has 8 heteroatoms. The van der Waals surface area contributed by atoms with E-state index < -0.39 is 10.0 Å². The van der Waals surface area contributed by atoms with Crippen molar-refractivity contribution < 1.29 is 13.2 Å². The Morgan fingerprint density at radius 2 is 1.89 bits per heavy atom. The predicted octanol–water partition coefficient (Wildman–Crippen LogP) is 2.20. The first kappa shape index (κ1) is 20.5. The van der Waals surface area contributed by atoms with Crippen LogP contribution in [0.1, 0.15) is 38.2 Å². The summed E-state index contributed by atoms with van der Waals surface area (Å²) in [6, 6.07) is 6.93. The van der Waals surface area contributed by atoms with Gasteiger partial charge in [0.15, 0.2) is 0 Å². The number of rotatable bonds is 8. The molecule has 1 atom stereocenters. The summed E-state index contributed by atoms with van der Waals surface area (Å²) in [6.07, 6.45) is 9.18. The highest BCUT2D eigenvalue weighted by Gasteiger charge is 2.25. The van der Waals surface area contributed by atoms with Crippen molar-refractivity contribution in [3.8, 4) is 0 Å². The molecular formula is C20H28N4O3S. The lowest BCUT2D eigenvalue weighted by Gasteiger charge is -2.25. The van der Waals surface area contributed by atoms with Crippen LogP contribution in [0.3, 0.4) is 0 Å². The van der Waals surface area contributed by atoms with Crippen molar-refractivity contribution >= 4 is 15.9 Å². The van der Waals surface area contributed by atoms with Gasteiger partial charge in [0.25, 0.3) is 0 Å². The van der Waals surface area contributed by atoms with E-state index in [1.807, 2.05) is 17.7 Å². The van der Waals surface area contributed by atoms with Gasteiger partial charge in [0, 0.05) is 44.5 Å². The number of amides is 1. The molecule has 0 saturated carbocycles. The number of hydrogen-bond acceptors (Lipinski definition) is 4. The summed E-state index contributed by atoms with van der Waals surface area (Å²) >= 11 is 0. The molecule has 1 aromatic heterocycles. The second-order valence-electron chi connectivity index (χ2n) is 7.34. The van der Waals surface area contributed by atoms with Gasteiger partial charge in [-0.15, -0.1) is 0 Å². The third-order valence-corrected chi connectivity index (χ3v) is 6.88. The van der Waals surface area contributed by atoms with E-state index in [1.54, 1.807) is 41.1 Å². The van der Waals surface area contributed by atoms with Gasteiger partial charge in [-0.05, 0) is 43.9 Å². The highest BCUT2D eigenvalue weighted by atomic mass is 32.2. The first-order chi connectivity index (χ1) is 13.4. The fraction of sp³-hybridized carbons (Fsp3) is 0.500. The van der Waals surface area contributed by atoms with Gasteiger partial charge in [-0.25, -0.2) is 13.4 Å². The molecule has 0 spiro atoms. The van der Waals surface area contributed by atoms with Crippen LogP contribution >= 0.6 is 0 Å². The normalized spacial score (nSPS) is 16.6. The molecule has 1 N–H and O–H groups in total. The maximum absolute atomic E-state index is 12.7. The molecule has 1 aromatic carbocycles. The first-order valence-electron chi connectivity index (χ1n) is 9.79. The Bertz CT molecular complexity index is 857. The van der Waals surface area contributed by atoms with Crippen molar-refractivity contribution in [1.82, 2.24) is 19.2 Å². The van der Waals surface area contributed by atoms with E-state index in [4.69, 9.17) is 0 Å². The minimum Gasteiger partial charge on any atom is -0.352 e. The smallest absolute Gasteiger partial charge is 0.243 e. The van der Waals surface area contributed by atoms with Crippen molar-refractivity contribution in [1.29, 1.82) is 0 Å². The van der Waals surface area contributed by atoms with Gasteiger partial charge in [0.2, 0.25) is 15.9 Å². The van der Waals surface area contributed by atoms with E-state index in [-0.39, 0.29) is 11.9 Å². The molecule has 152 valence electrons. The number of aromatic nitrogens is 2. The van der Waals surface area contributed by atoms with E-state index in [9.17, 15) is 13.2 Å². The summed E-state index contributed by atoms with van der Waals surface area (Å²) in [5, 5.41) is 2.98. The molecule has 1 fully saturated rings. The summed E-state index contributed by atoms with van der Waals surface area (Å²) in [6.45, 7) is 3.83. The SMILES string of the molecule is CC(Cn1ccnc1)NC(=O)CCc1ccc(S(=O)(=O)N2CCCCC2)cc1. The maximum atomic E-state index is 12.7. The molecule has 0 radical (unpaired) electrons. The summed E-state index contributed by atoms with van der Waals surface area (Å²) in [5.41, 5.74) is 0.954. The Balaban J connectivity index is 1.49. The quantitative estimate of drug-likeness (QED) is 0.731. The zero-order chi connectivity index (χ0) is 20.0. The molecule has 1 aliphatic heterocycles. The molecule has 2 heterocycles. The largest absolute Gasteiger partial charge is 0.352 e. The van der Waals surface area contributed by atoms with Gasteiger partial charge < -0.3 is 9.88 Å². The molecule has 0 aliphatic carbocycles. The monoisotopic (exact) mass is 404 g/mol. The number of benzene rings is 1. The van der Waals surface area contributed by atoms with Crippen LogP contribution in [0.4, 0.5) is 0 Å². The number of sulfonamides is 1. The van der Waals surface area contributed by atoms with Crippen LogP contribution in [-0.4, -0.2) is 47.3 Å².